The maximum atomic E-state index is 13.4. The molecule has 8 nitrogen and oxygen atoms in total. The molecule has 0 aliphatic carbocycles. The second-order valence-electron chi connectivity index (χ2n) is 10.3. The molecular formula is C26H37N5O3. The number of carboxylic acid groups (broad SMARTS) is 1. The van der Waals surface area contributed by atoms with Gasteiger partial charge in [0.25, 0.3) is 5.91 Å². The molecular weight excluding hydrogens is 430 g/mol. The highest BCUT2D eigenvalue weighted by atomic mass is 16.4. The van der Waals surface area contributed by atoms with Crippen molar-refractivity contribution in [2.45, 2.75) is 57.4 Å². The topological polar surface area (TPSA) is 90.7 Å². The number of hydrogen-bond acceptors (Lipinski definition) is 5. The fraction of sp³-hybridized carbons (Fsp3) is 0.654. The van der Waals surface area contributed by atoms with E-state index in [-0.39, 0.29) is 18.5 Å². The van der Waals surface area contributed by atoms with Crippen molar-refractivity contribution < 1.29 is 14.7 Å². The smallest absolute Gasteiger partial charge is 0.317 e. The Morgan fingerprint density at radius 1 is 1.03 bits per heavy atom. The molecule has 0 unspecified atom stereocenters. The number of hydrogen-bond donors (Lipinski definition) is 2. The Morgan fingerprint density at radius 3 is 2.47 bits per heavy atom. The molecule has 2 N–H and O–H groups in total. The highest BCUT2D eigenvalue weighted by Gasteiger charge is 2.29. The van der Waals surface area contributed by atoms with Gasteiger partial charge in [-0.15, -0.1) is 0 Å². The number of amides is 1. The average molecular weight is 468 g/mol. The van der Waals surface area contributed by atoms with E-state index in [9.17, 15) is 9.59 Å². The molecule has 3 fully saturated rings. The Kier molecular flexibility index (Phi) is 7.15. The predicted octanol–water partition coefficient (Wildman–Crippen LogP) is 2.93. The first-order valence-corrected chi connectivity index (χ1v) is 13.0. The molecule has 0 spiro atoms. The van der Waals surface area contributed by atoms with E-state index in [0.717, 1.165) is 88.2 Å². The molecule has 4 heterocycles. The number of carbonyl (C=O) groups excluding carboxylic acids is 1. The van der Waals surface area contributed by atoms with Gasteiger partial charge in [-0.3, -0.25) is 19.2 Å². The summed E-state index contributed by atoms with van der Waals surface area (Å²) in [5.41, 5.74) is 2.91. The quantitative estimate of drug-likeness (QED) is 0.651. The van der Waals surface area contributed by atoms with Gasteiger partial charge in [0.2, 0.25) is 0 Å². The van der Waals surface area contributed by atoms with E-state index in [2.05, 4.69) is 28.2 Å². The van der Waals surface area contributed by atoms with Gasteiger partial charge < -0.3 is 15.3 Å². The van der Waals surface area contributed by atoms with Crippen LogP contribution in [0.2, 0.25) is 0 Å². The number of aromatic nitrogens is 2. The molecule has 34 heavy (non-hydrogen) atoms. The van der Waals surface area contributed by atoms with Gasteiger partial charge in [0.1, 0.15) is 0 Å². The first kappa shape index (κ1) is 23.3. The standard InChI is InChI=1S/C26H37N5O3/c32-24(33)18-29-15-9-21(10-16-29)31-23-6-5-20(4-3-19-7-11-27-12-8-19)17-22(23)25(28-31)26(34)30-13-1-2-14-30/h5-6,17,19,21,27H,1-4,7-16,18H2,(H,32,33). The fourth-order valence-electron chi connectivity index (χ4n) is 5.90. The van der Waals surface area contributed by atoms with Crippen LogP contribution in [0.4, 0.5) is 0 Å². The summed E-state index contributed by atoms with van der Waals surface area (Å²) < 4.78 is 2.06. The zero-order chi connectivity index (χ0) is 23.5. The number of nitrogens with zero attached hydrogens (tertiary/aromatic N) is 4. The molecule has 1 amide bonds. The van der Waals surface area contributed by atoms with Gasteiger partial charge in [-0.25, -0.2) is 0 Å². The van der Waals surface area contributed by atoms with Crippen LogP contribution in [0.3, 0.4) is 0 Å². The van der Waals surface area contributed by atoms with Crippen molar-refractivity contribution in [3.05, 3.63) is 29.5 Å². The van der Waals surface area contributed by atoms with E-state index in [0.29, 0.717) is 5.69 Å². The minimum atomic E-state index is -0.779. The number of piperidine rings is 2. The highest BCUT2D eigenvalue weighted by Crippen LogP contribution is 2.31. The summed E-state index contributed by atoms with van der Waals surface area (Å²) in [7, 11) is 0. The first-order chi connectivity index (χ1) is 16.6. The van der Waals surface area contributed by atoms with Crippen molar-refractivity contribution in [3.8, 4) is 0 Å². The highest BCUT2D eigenvalue weighted by molar-refractivity contribution is 6.05. The molecule has 3 aliphatic heterocycles. The maximum Gasteiger partial charge on any atom is 0.317 e. The predicted molar refractivity (Wildman–Crippen MR) is 131 cm³/mol. The normalized spacial score (nSPS) is 20.9. The summed E-state index contributed by atoms with van der Waals surface area (Å²) in [5, 5.41) is 18.4. The van der Waals surface area contributed by atoms with E-state index in [4.69, 9.17) is 10.2 Å². The van der Waals surface area contributed by atoms with Crippen molar-refractivity contribution in [3.63, 3.8) is 0 Å². The number of carbonyl (C=O) groups is 2. The van der Waals surface area contributed by atoms with Crippen molar-refractivity contribution in [2.75, 3.05) is 45.8 Å². The molecule has 1 aromatic heterocycles. The number of likely N-dealkylation sites (tertiary alicyclic amines) is 2. The fourth-order valence-corrected chi connectivity index (χ4v) is 5.90. The van der Waals surface area contributed by atoms with Gasteiger partial charge in [0.15, 0.2) is 5.69 Å². The lowest BCUT2D eigenvalue weighted by molar-refractivity contribution is -0.138. The van der Waals surface area contributed by atoms with Crippen LogP contribution in [0.25, 0.3) is 10.9 Å². The summed E-state index contributed by atoms with van der Waals surface area (Å²) in [4.78, 5) is 28.4. The molecule has 184 valence electrons. The van der Waals surface area contributed by atoms with Crippen LogP contribution < -0.4 is 5.32 Å². The van der Waals surface area contributed by atoms with Crippen LogP contribution in [0.5, 0.6) is 0 Å². The van der Waals surface area contributed by atoms with E-state index in [1.54, 1.807) is 0 Å². The van der Waals surface area contributed by atoms with E-state index in [1.165, 1.54) is 24.8 Å². The SMILES string of the molecule is O=C(O)CN1CCC(n2nc(C(=O)N3CCCC3)c3cc(CCC4CCNCC4)ccc32)CC1. The third-order valence-corrected chi connectivity index (χ3v) is 7.93. The summed E-state index contributed by atoms with van der Waals surface area (Å²) in [6, 6.07) is 6.77. The lowest BCUT2D eigenvalue weighted by atomic mass is 9.91. The lowest BCUT2D eigenvalue weighted by Gasteiger charge is -2.31. The third-order valence-electron chi connectivity index (χ3n) is 7.93. The molecule has 5 rings (SSSR count). The van der Waals surface area contributed by atoms with Crippen molar-refractivity contribution in [1.82, 2.24) is 24.9 Å². The molecule has 8 heteroatoms. The van der Waals surface area contributed by atoms with Crippen LogP contribution in [0.1, 0.15) is 67.0 Å². The van der Waals surface area contributed by atoms with Crippen molar-refractivity contribution in [1.29, 1.82) is 0 Å². The van der Waals surface area contributed by atoms with Gasteiger partial charge >= 0.3 is 5.97 Å². The monoisotopic (exact) mass is 467 g/mol. The van der Waals surface area contributed by atoms with Crippen LogP contribution in [-0.4, -0.2) is 82.4 Å². The van der Waals surface area contributed by atoms with Gasteiger partial charge in [0.05, 0.1) is 18.1 Å². The number of carboxylic acids is 1. The van der Waals surface area contributed by atoms with Crippen LogP contribution in [0.15, 0.2) is 18.2 Å². The second kappa shape index (κ2) is 10.4. The zero-order valence-electron chi connectivity index (χ0n) is 20.0. The summed E-state index contributed by atoms with van der Waals surface area (Å²) in [6.07, 6.45) is 8.55. The zero-order valence-corrected chi connectivity index (χ0v) is 20.0. The molecule has 3 saturated heterocycles. The van der Waals surface area contributed by atoms with Gasteiger partial charge in [0, 0.05) is 31.6 Å². The largest absolute Gasteiger partial charge is 0.480 e. The molecule has 0 bridgehead atoms. The van der Waals surface area contributed by atoms with E-state index < -0.39 is 5.97 Å². The number of aryl methyl sites for hydroxylation is 1. The van der Waals surface area contributed by atoms with Gasteiger partial charge in [-0.2, -0.15) is 5.10 Å². The van der Waals surface area contributed by atoms with Crippen LogP contribution in [-0.2, 0) is 11.2 Å². The molecule has 3 aliphatic rings. The number of nitrogens with one attached hydrogen (secondary N) is 1. The van der Waals surface area contributed by atoms with Gasteiger partial charge in [-0.05, 0) is 88.1 Å². The number of benzene rings is 1. The van der Waals surface area contributed by atoms with Crippen molar-refractivity contribution >= 4 is 22.8 Å². The minimum Gasteiger partial charge on any atom is -0.480 e. The summed E-state index contributed by atoms with van der Waals surface area (Å²) in [5.74, 6) is 0.0555. The van der Waals surface area contributed by atoms with Gasteiger partial charge in [-0.1, -0.05) is 6.07 Å². The molecule has 2 aromatic rings. The van der Waals surface area contributed by atoms with E-state index in [1.807, 2.05) is 9.80 Å². The number of rotatable bonds is 7. The van der Waals surface area contributed by atoms with Crippen molar-refractivity contribution in [2.24, 2.45) is 5.92 Å². The van der Waals surface area contributed by atoms with Crippen LogP contribution >= 0.6 is 0 Å². The van der Waals surface area contributed by atoms with Crippen LogP contribution in [0, 0.1) is 5.92 Å². The summed E-state index contributed by atoms with van der Waals surface area (Å²) in [6.45, 7) is 5.44. The minimum absolute atomic E-state index is 0.0556. The molecule has 0 saturated carbocycles. The Morgan fingerprint density at radius 2 is 1.76 bits per heavy atom. The molecule has 0 radical (unpaired) electrons. The third kappa shape index (κ3) is 5.13. The maximum absolute atomic E-state index is 13.4. The first-order valence-electron chi connectivity index (χ1n) is 13.0. The summed E-state index contributed by atoms with van der Waals surface area (Å²) >= 11 is 0. The number of fused-ring (bicyclic) bond motifs is 1. The lowest BCUT2D eigenvalue weighted by Crippen LogP contribution is -2.38. The average Bonchev–Trinajstić information content (AvgIpc) is 3.52. The Hall–Kier alpha value is -2.45. The molecule has 1 aromatic carbocycles. The number of aliphatic carboxylic acids is 1. The Bertz CT molecular complexity index is 1010. The van der Waals surface area contributed by atoms with E-state index >= 15 is 0 Å². The Balaban J connectivity index is 1.39. The Labute approximate surface area is 201 Å². The second-order valence-corrected chi connectivity index (χ2v) is 10.3. The molecule has 0 atom stereocenters.